The number of nitrogens with zero attached hydrogens (tertiary/aromatic N) is 6. The highest BCUT2D eigenvalue weighted by molar-refractivity contribution is 9.10. The number of fused-ring (bicyclic) bond motifs is 18. The van der Waals surface area contributed by atoms with E-state index < -0.39 is 29.2 Å². The summed E-state index contributed by atoms with van der Waals surface area (Å²) in [6, 6.07) is 142. The molecule has 1 fully saturated rings. The second-order valence-electron chi connectivity index (χ2n) is 33.1. The van der Waals surface area contributed by atoms with Crippen molar-refractivity contribution in [2.75, 3.05) is 0 Å². The van der Waals surface area contributed by atoms with Crippen molar-refractivity contribution in [1.29, 1.82) is 10.5 Å². The lowest BCUT2D eigenvalue weighted by Gasteiger charge is -2.41. The van der Waals surface area contributed by atoms with E-state index >= 15 is 0 Å². The molecule has 0 radical (unpaired) electrons. The maximum Gasteiger partial charge on any atom is 0.498 e. The average molecular weight is 1690 g/mol. The van der Waals surface area contributed by atoms with E-state index in [2.05, 4.69) is 311 Å². The van der Waals surface area contributed by atoms with Crippen LogP contribution in [0.4, 0.5) is 0 Å². The first-order valence-corrected chi connectivity index (χ1v) is 43.1. The maximum absolute atomic E-state index is 9.89. The van der Waals surface area contributed by atoms with E-state index in [9.17, 15) is 10.5 Å². The Balaban J connectivity index is 0.000000125. The van der Waals surface area contributed by atoms with Crippen molar-refractivity contribution in [3.63, 3.8) is 0 Å². The van der Waals surface area contributed by atoms with Crippen LogP contribution in [0, 0.1) is 22.7 Å². The summed E-state index contributed by atoms with van der Waals surface area (Å²) >= 11 is 3.53. The first-order chi connectivity index (χ1) is 61.8. The minimum Gasteiger partial charge on any atom is -0.456 e. The van der Waals surface area contributed by atoms with E-state index in [0.29, 0.717) is 17.0 Å². The van der Waals surface area contributed by atoms with Crippen LogP contribution in [0.2, 0.25) is 0 Å². The molecule has 5 aliphatic rings. The zero-order valence-electron chi connectivity index (χ0n) is 69.4. The molecule has 1 saturated heterocycles. The number of nitriles is 2. The van der Waals surface area contributed by atoms with E-state index in [-0.39, 0.29) is 0 Å². The van der Waals surface area contributed by atoms with Crippen LogP contribution in [0.15, 0.2) is 405 Å². The fourth-order valence-corrected chi connectivity index (χ4v) is 19.3. The van der Waals surface area contributed by atoms with Crippen molar-refractivity contribution in [2.24, 2.45) is 0 Å². The molecule has 23 rings (SSSR count). The van der Waals surface area contributed by atoms with E-state index in [1.54, 1.807) is 0 Å². The summed E-state index contributed by atoms with van der Waals surface area (Å²) in [5, 5.41) is 19.6. The Bertz CT molecular complexity index is 7210. The number of hydrogen-bond donors (Lipinski definition) is 0. The fraction of sp³-hybridized carbons (Fsp3) is 0.0702. The molecular formula is C114H78BBrN6O4. The first-order valence-electron chi connectivity index (χ1n) is 42.3. The monoisotopic (exact) mass is 1680 g/mol. The molecule has 0 saturated carbocycles. The van der Waals surface area contributed by atoms with Gasteiger partial charge in [0.1, 0.15) is 23.0 Å². The molecule has 10 nitrogen and oxygen atoms in total. The van der Waals surface area contributed by atoms with Gasteiger partial charge in [0, 0.05) is 82.3 Å². The molecule has 598 valence electrons. The van der Waals surface area contributed by atoms with Gasteiger partial charge in [-0.2, -0.15) is 10.5 Å². The number of ether oxygens (including phenoxy) is 2. The van der Waals surface area contributed by atoms with E-state index in [0.717, 1.165) is 151 Å². The van der Waals surface area contributed by atoms with Crippen LogP contribution in [-0.4, -0.2) is 38.3 Å². The number of halogens is 1. The van der Waals surface area contributed by atoms with Crippen LogP contribution < -0.4 is 14.9 Å². The molecule has 16 aromatic carbocycles. The van der Waals surface area contributed by atoms with Crippen LogP contribution >= 0.6 is 15.9 Å². The summed E-state index contributed by atoms with van der Waals surface area (Å²) < 4.78 is 28.6. The van der Waals surface area contributed by atoms with Crippen molar-refractivity contribution in [2.45, 2.75) is 49.7 Å². The Kier molecular flexibility index (Phi) is 19.7. The maximum atomic E-state index is 9.89. The molecule has 2 spiro atoms. The molecule has 0 atom stereocenters. The Hall–Kier alpha value is -15.3. The Labute approximate surface area is 741 Å². The largest absolute Gasteiger partial charge is 0.498 e. The SMILES string of the molecule is Brc1cccc(-c2nc(-c3ccccc3)cc(-c3ccccc3)n2)c1.CC1(C)OB(c2cccc3c2Oc2c(-c4cccc(C#N)c4)cccc2C32c3ccccc3-c3ccccc32)OC1(C)C.N#Cc1cccc(-c2cccc3c2Oc2c(-c4cccc(-c5nc(-c6ccccc6)cc(-c6ccccc6)n5)c4)cccc2C32c3ccccc3-c3ccccc32)c1. The predicted octanol–water partition coefficient (Wildman–Crippen LogP) is 27.4. The molecule has 0 bridgehead atoms. The quantitative estimate of drug-likeness (QED) is 0.122. The molecular weight excluding hydrogens is 1610 g/mol. The molecule has 0 amide bonds. The van der Waals surface area contributed by atoms with Crippen LogP contribution in [-0.2, 0) is 20.1 Å². The van der Waals surface area contributed by atoms with Crippen LogP contribution in [0.1, 0.15) is 83.3 Å². The fourth-order valence-electron chi connectivity index (χ4n) is 18.9. The topological polar surface area (TPSA) is 136 Å². The highest BCUT2D eigenvalue weighted by Gasteiger charge is 2.57. The third-order valence-corrected chi connectivity index (χ3v) is 25.9. The molecule has 3 aliphatic heterocycles. The van der Waals surface area contributed by atoms with Crippen LogP contribution in [0.25, 0.3) is 123 Å². The molecule has 2 aromatic heterocycles. The summed E-state index contributed by atoms with van der Waals surface area (Å²) in [6.07, 6.45) is 0. The molecule has 0 unspecified atom stereocenters. The first kappa shape index (κ1) is 78.0. The zero-order chi connectivity index (χ0) is 85.3. The van der Waals surface area contributed by atoms with Gasteiger partial charge in [0.25, 0.3) is 0 Å². The molecule has 18 aromatic rings. The van der Waals surface area contributed by atoms with Crippen molar-refractivity contribution in [3.05, 3.63) is 460 Å². The van der Waals surface area contributed by atoms with Crippen molar-refractivity contribution in [1.82, 2.24) is 19.9 Å². The zero-order valence-corrected chi connectivity index (χ0v) is 71.0. The van der Waals surface area contributed by atoms with E-state index in [1.165, 1.54) is 44.5 Å². The average Bonchev–Trinajstić information content (AvgIpc) is 1.48. The summed E-state index contributed by atoms with van der Waals surface area (Å²) in [5.41, 5.74) is 29.2. The highest BCUT2D eigenvalue weighted by Crippen LogP contribution is 2.66. The van der Waals surface area contributed by atoms with E-state index in [1.807, 2.05) is 146 Å². The number of aromatic nitrogens is 4. The molecule has 12 heteroatoms. The van der Waals surface area contributed by atoms with Crippen LogP contribution in [0.5, 0.6) is 23.0 Å². The van der Waals surface area contributed by atoms with Crippen molar-refractivity contribution in [3.8, 4) is 159 Å². The second-order valence-corrected chi connectivity index (χ2v) is 34.0. The van der Waals surface area contributed by atoms with Gasteiger partial charge in [0.15, 0.2) is 11.6 Å². The predicted molar refractivity (Wildman–Crippen MR) is 507 cm³/mol. The summed E-state index contributed by atoms with van der Waals surface area (Å²) in [4.78, 5) is 19.9. The van der Waals surface area contributed by atoms with Gasteiger partial charge in [-0.15, -0.1) is 0 Å². The van der Waals surface area contributed by atoms with Gasteiger partial charge >= 0.3 is 7.12 Å². The smallest absolute Gasteiger partial charge is 0.456 e. The van der Waals surface area contributed by atoms with Crippen molar-refractivity contribution < 1.29 is 18.8 Å². The lowest BCUT2D eigenvalue weighted by atomic mass is 9.63. The molecule has 5 heterocycles. The number of rotatable bonds is 10. The minimum absolute atomic E-state index is 0.500. The third kappa shape index (κ3) is 13.3. The van der Waals surface area contributed by atoms with Gasteiger partial charge in [-0.05, 0) is 143 Å². The Morgan fingerprint density at radius 1 is 0.254 bits per heavy atom. The normalized spacial score (nSPS) is 14.0. The molecule has 0 N–H and O–H groups in total. The summed E-state index contributed by atoms with van der Waals surface area (Å²) in [5.74, 6) is 4.48. The minimum atomic E-state index is -0.662. The third-order valence-electron chi connectivity index (χ3n) is 25.4. The van der Waals surface area contributed by atoms with Crippen LogP contribution in [0.3, 0.4) is 0 Å². The van der Waals surface area contributed by atoms with Crippen molar-refractivity contribution >= 4 is 28.5 Å². The second kappa shape index (κ2) is 31.9. The van der Waals surface area contributed by atoms with Gasteiger partial charge in [0.2, 0.25) is 0 Å². The standard InChI is InChI=1S/C54H33N3O.C38H30BNO3.C22H15BrN2/c55-34-35-15-11-20-38(31-35)41-25-13-29-47-51(41)58-52-42(26-14-30-48(52)54(47)45-27-9-7-23-43(45)44-24-8-10-28-46(44)54)39-21-12-22-40(32-39)53-56-49(36-16-3-1-4-17-36)33-50(57-53)37-18-5-2-6-19-37;1-36(2)37(3,4)43-39(42-36)33-21-11-20-32-35(33)41-34-26(25-13-9-12-24(22-25)23-40)16-10-19-31(34)38(32)29-17-7-5-14-27(29)28-15-6-8-18-30(28)38;23-19-13-7-12-18(14-19)22-24-20(16-8-3-1-4-9-16)15-21(25-22)17-10-5-2-6-11-17/h1-33H;5-22H,1-4H3;1-15H. The van der Waals surface area contributed by atoms with Gasteiger partial charge in [-0.1, -0.05) is 362 Å². The lowest BCUT2D eigenvalue weighted by Crippen LogP contribution is -2.41. The number of hydrogen-bond acceptors (Lipinski definition) is 10. The Morgan fingerprint density at radius 3 is 0.889 bits per heavy atom. The number of benzene rings is 16. The lowest BCUT2D eigenvalue weighted by molar-refractivity contribution is 0.00578. The highest BCUT2D eigenvalue weighted by atomic mass is 79.9. The van der Waals surface area contributed by atoms with Gasteiger partial charge < -0.3 is 18.8 Å². The van der Waals surface area contributed by atoms with Gasteiger partial charge in [-0.25, -0.2) is 19.9 Å². The Morgan fingerprint density at radius 2 is 0.524 bits per heavy atom. The molecule has 2 aliphatic carbocycles. The number of para-hydroxylation sites is 4. The molecule has 126 heavy (non-hydrogen) atoms. The van der Waals surface area contributed by atoms with Gasteiger partial charge in [-0.3, -0.25) is 0 Å². The summed E-state index contributed by atoms with van der Waals surface area (Å²) in [6.45, 7) is 8.29. The van der Waals surface area contributed by atoms with Gasteiger partial charge in [0.05, 0.1) is 68.1 Å². The van der Waals surface area contributed by atoms with E-state index in [4.69, 9.17) is 38.7 Å². The summed E-state index contributed by atoms with van der Waals surface area (Å²) in [7, 11) is -0.598.